The third-order valence-electron chi connectivity index (χ3n) is 5.64. The van der Waals surface area contributed by atoms with E-state index in [0.29, 0.717) is 35.8 Å². The van der Waals surface area contributed by atoms with Gasteiger partial charge in [0, 0.05) is 23.4 Å². The molecule has 0 saturated carbocycles. The normalized spacial score (nSPS) is 12.4. The lowest BCUT2D eigenvalue weighted by Crippen LogP contribution is -2.29. The van der Waals surface area contributed by atoms with E-state index in [1.165, 1.54) is 18.2 Å². The predicted molar refractivity (Wildman–Crippen MR) is 132 cm³/mol. The number of nitrogens with zero attached hydrogens (tertiary/aromatic N) is 1. The topological polar surface area (TPSA) is 105 Å². The summed E-state index contributed by atoms with van der Waals surface area (Å²) in [4.78, 5) is 52.2. The smallest absolute Gasteiger partial charge is 0.266 e. The first-order valence-electron chi connectivity index (χ1n) is 11.3. The molecule has 3 aromatic carbocycles. The molecule has 35 heavy (non-hydrogen) atoms. The Morgan fingerprint density at radius 3 is 2.17 bits per heavy atom. The van der Waals surface area contributed by atoms with E-state index in [2.05, 4.69) is 10.6 Å². The van der Waals surface area contributed by atoms with Crippen LogP contribution in [0.1, 0.15) is 60.8 Å². The number of hydrogen-bond acceptors (Lipinski definition) is 5. The number of aryl methyl sites for hydroxylation is 1. The molecule has 1 aliphatic heterocycles. The number of nitrogens with one attached hydrogen (secondary N) is 2. The molecule has 2 N–H and O–H groups in total. The van der Waals surface area contributed by atoms with Gasteiger partial charge in [-0.1, -0.05) is 6.07 Å². The fourth-order valence-electron chi connectivity index (χ4n) is 3.83. The van der Waals surface area contributed by atoms with E-state index in [9.17, 15) is 19.2 Å². The highest BCUT2D eigenvalue weighted by Crippen LogP contribution is 2.30. The van der Waals surface area contributed by atoms with Crippen molar-refractivity contribution in [3.63, 3.8) is 0 Å². The molecule has 0 bridgehead atoms. The average Bonchev–Trinajstić information content (AvgIpc) is 3.10. The molecule has 8 heteroatoms. The van der Waals surface area contributed by atoms with Crippen LogP contribution in [0.4, 0.5) is 11.4 Å². The zero-order valence-electron chi connectivity index (χ0n) is 19.7. The Bertz CT molecular complexity index is 1330. The van der Waals surface area contributed by atoms with E-state index in [1.807, 2.05) is 20.8 Å². The van der Waals surface area contributed by atoms with Crippen molar-refractivity contribution in [1.82, 2.24) is 5.32 Å². The molecule has 0 saturated heterocycles. The molecular weight excluding hydrogens is 446 g/mol. The van der Waals surface area contributed by atoms with Crippen LogP contribution in [0.15, 0.2) is 60.7 Å². The third-order valence-corrected chi connectivity index (χ3v) is 5.64. The highest BCUT2D eigenvalue weighted by Gasteiger charge is 2.37. The number of amides is 4. The monoisotopic (exact) mass is 471 g/mol. The minimum atomic E-state index is -0.502. The molecule has 0 radical (unpaired) electrons. The fourth-order valence-corrected chi connectivity index (χ4v) is 3.83. The maximum Gasteiger partial charge on any atom is 0.266 e. The number of benzene rings is 3. The van der Waals surface area contributed by atoms with Crippen molar-refractivity contribution in [3.05, 3.63) is 88.5 Å². The number of ether oxygens (including phenoxy) is 1. The number of hydrogen-bond donors (Lipinski definition) is 2. The number of carbonyl (C=O) groups is 4. The van der Waals surface area contributed by atoms with Crippen LogP contribution >= 0.6 is 0 Å². The first kappa shape index (κ1) is 23.7. The molecule has 1 aliphatic rings. The molecular formula is C27H25N3O5. The standard InChI is InChI=1S/C27H25N3O5/c1-4-28-24(31)18-7-6-16(3)23(15-18)29-25(32)17-8-13-21-22(14-17)27(34)30(26(21)33)19-9-11-20(12-10-19)35-5-2/h6-15H,4-5H2,1-3H3,(H,28,31)(H,29,32). The summed E-state index contributed by atoms with van der Waals surface area (Å²) in [6.45, 7) is 6.51. The maximum absolute atomic E-state index is 13.1. The van der Waals surface area contributed by atoms with Crippen LogP contribution in [0, 0.1) is 6.92 Å². The summed E-state index contributed by atoms with van der Waals surface area (Å²) in [5, 5.41) is 5.52. The lowest BCUT2D eigenvalue weighted by Gasteiger charge is -2.14. The minimum absolute atomic E-state index is 0.157. The fraction of sp³-hybridized carbons (Fsp3) is 0.185. The van der Waals surface area contributed by atoms with Gasteiger partial charge in [0.15, 0.2) is 0 Å². The zero-order chi connectivity index (χ0) is 25.1. The molecule has 1 heterocycles. The van der Waals surface area contributed by atoms with Crippen LogP contribution in [-0.2, 0) is 0 Å². The second kappa shape index (κ2) is 9.80. The van der Waals surface area contributed by atoms with Crippen molar-refractivity contribution in [1.29, 1.82) is 0 Å². The summed E-state index contributed by atoms with van der Waals surface area (Å²) < 4.78 is 5.42. The average molecular weight is 472 g/mol. The molecule has 8 nitrogen and oxygen atoms in total. The summed E-state index contributed by atoms with van der Waals surface area (Å²) in [7, 11) is 0. The first-order valence-corrected chi connectivity index (χ1v) is 11.3. The number of rotatable bonds is 7. The van der Waals surface area contributed by atoms with Gasteiger partial charge in [0.25, 0.3) is 23.6 Å². The van der Waals surface area contributed by atoms with Gasteiger partial charge in [-0.3, -0.25) is 19.2 Å². The molecule has 0 spiro atoms. The summed E-state index contributed by atoms with van der Waals surface area (Å²) in [5.74, 6) is -1.01. The van der Waals surface area contributed by atoms with E-state index in [1.54, 1.807) is 42.5 Å². The molecule has 0 aromatic heterocycles. The molecule has 0 unspecified atom stereocenters. The Morgan fingerprint density at radius 2 is 1.49 bits per heavy atom. The van der Waals surface area contributed by atoms with Gasteiger partial charge in [-0.15, -0.1) is 0 Å². The van der Waals surface area contributed by atoms with Gasteiger partial charge in [-0.2, -0.15) is 0 Å². The van der Waals surface area contributed by atoms with Crippen molar-refractivity contribution in [2.75, 3.05) is 23.4 Å². The lowest BCUT2D eigenvalue weighted by molar-refractivity contribution is 0.0922. The number of fused-ring (bicyclic) bond motifs is 1. The summed E-state index contributed by atoms with van der Waals surface area (Å²) in [5.41, 5.74) is 2.72. The second-order valence-electron chi connectivity index (χ2n) is 7.98. The van der Waals surface area contributed by atoms with E-state index in [-0.39, 0.29) is 22.6 Å². The van der Waals surface area contributed by atoms with Gasteiger partial charge in [0.05, 0.1) is 23.4 Å². The first-order chi connectivity index (χ1) is 16.8. The summed E-state index contributed by atoms with van der Waals surface area (Å²) >= 11 is 0. The van der Waals surface area contributed by atoms with Crippen LogP contribution in [0.3, 0.4) is 0 Å². The molecule has 3 aromatic rings. The predicted octanol–water partition coefficient (Wildman–Crippen LogP) is 4.20. The zero-order valence-corrected chi connectivity index (χ0v) is 19.7. The number of imide groups is 1. The Balaban J connectivity index is 1.57. The van der Waals surface area contributed by atoms with E-state index < -0.39 is 17.7 Å². The molecule has 178 valence electrons. The van der Waals surface area contributed by atoms with E-state index in [4.69, 9.17) is 4.74 Å². The van der Waals surface area contributed by atoms with Crippen molar-refractivity contribution >= 4 is 35.0 Å². The Labute approximate surface area is 202 Å². The van der Waals surface area contributed by atoms with Crippen molar-refractivity contribution < 1.29 is 23.9 Å². The SMILES string of the molecule is CCNC(=O)c1ccc(C)c(NC(=O)c2ccc3c(c2)C(=O)N(c2ccc(OCC)cc2)C3=O)c1. The molecule has 0 fully saturated rings. The summed E-state index contributed by atoms with van der Waals surface area (Å²) in [6, 6.07) is 16.1. The number of anilines is 2. The van der Waals surface area contributed by atoms with Gasteiger partial charge in [0.1, 0.15) is 5.75 Å². The van der Waals surface area contributed by atoms with Crippen LogP contribution < -0.4 is 20.3 Å². The van der Waals surface area contributed by atoms with Gasteiger partial charge < -0.3 is 15.4 Å². The van der Waals surface area contributed by atoms with Crippen molar-refractivity contribution in [2.45, 2.75) is 20.8 Å². The summed E-state index contributed by atoms with van der Waals surface area (Å²) in [6.07, 6.45) is 0. The molecule has 4 rings (SSSR count). The van der Waals surface area contributed by atoms with E-state index in [0.717, 1.165) is 10.5 Å². The van der Waals surface area contributed by atoms with E-state index >= 15 is 0 Å². The quantitative estimate of drug-likeness (QED) is 0.503. The van der Waals surface area contributed by atoms with Crippen molar-refractivity contribution in [2.24, 2.45) is 0 Å². The second-order valence-corrected chi connectivity index (χ2v) is 7.98. The number of carbonyl (C=O) groups excluding carboxylic acids is 4. The van der Waals surface area contributed by atoms with Crippen LogP contribution in [0.2, 0.25) is 0 Å². The minimum Gasteiger partial charge on any atom is -0.494 e. The Hall–Kier alpha value is -4.46. The molecule has 0 atom stereocenters. The highest BCUT2D eigenvalue weighted by molar-refractivity contribution is 6.34. The highest BCUT2D eigenvalue weighted by atomic mass is 16.5. The largest absolute Gasteiger partial charge is 0.494 e. The molecule has 4 amide bonds. The Kier molecular flexibility index (Phi) is 6.64. The lowest BCUT2D eigenvalue weighted by atomic mass is 10.0. The van der Waals surface area contributed by atoms with Crippen LogP contribution in [0.5, 0.6) is 5.75 Å². The van der Waals surface area contributed by atoms with Gasteiger partial charge in [0.2, 0.25) is 0 Å². The third kappa shape index (κ3) is 4.63. The maximum atomic E-state index is 13.1. The van der Waals surface area contributed by atoms with Crippen molar-refractivity contribution in [3.8, 4) is 5.75 Å². The van der Waals surface area contributed by atoms with Crippen LogP contribution in [0.25, 0.3) is 0 Å². The van der Waals surface area contributed by atoms with Gasteiger partial charge in [-0.05, 0) is 80.9 Å². The van der Waals surface area contributed by atoms with Crippen LogP contribution in [-0.4, -0.2) is 36.8 Å². The van der Waals surface area contributed by atoms with Gasteiger partial charge >= 0.3 is 0 Å². The Morgan fingerprint density at radius 1 is 0.829 bits per heavy atom. The molecule has 0 aliphatic carbocycles. The van der Waals surface area contributed by atoms with Gasteiger partial charge in [-0.25, -0.2) is 4.90 Å².